The number of fused-ring (bicyclic) bond motifs is 1. The van der Waals surface area contributed by atoms with Gasteiger partial charge in [0.2, 0.25) is 11.1 Å². The summed E-state index contributed by atoms with van der Waals surface area (Å²) in [5.41, 5.74) is -1.99. The second kappa shape index (κ2) is 15.9. The molecule has 0 bridgehead atoms. The maximum Gasteiger partial charge on any atom is 0.471 e. The van der Waals surface area contributed by atoms with Crippen molar-refractivity contribution in [1.29, 1.82) is 0 Å². The van der Waals surface area contributed by atoms with Gasteiger partial charge in [0.1, 0.15) is 36.2 Å². The van der Waals surface area contributed by atoms with E-state index >= 15 is 0 Å². The Balaban J connectivity index is 1.27. The SMILES string of the molecule is CON=C(Cn1nnnc1SCC1(C(=O)O)CS[C@@H]2C(NC(=O)C(=NOCc3ccccc3)c3csc(NC(=O)C(F)(F)F)n3)C(=O)N2C1)C(=O)O. The summed E-state index contributed by atoms with van der Waals surface area (Å²) in [6.45, 7) is -0.730. The number of benzene rings is 1. The Bertz CT molecular complexity index is 1910. The molecule has 3 aromatic rings. The van der Waals surface area contributed by atoms with Crippen molar-refractivity contribution in [2.24, 2.45) is 15.7 Å². The minimum absolute atomic E-state index is 0.0152. The Morgan fingerprint density at radius 1 is 1.17 bits per heavy atom. The minimum atomic E-state index is -5.19. The van der Waals surface area contributed by atoms with Crippen LogP contribution in [0, 0.1) is 5.41 Å². The highest BCUT2D eigenvalue weighted by Gasteiger charge is 2.57. The van der Waals surface area contributed by atoms with Gasteiger partial charge in [-0.1, -0.05) is 52.4 Å². The number of aromatic nitrogens is 5. The average molecular weight is 787 g/mol. The van der Waals surface area contributed by atoms with Gasteiger partial charge < -0.3 is 30.1 Å². The van der Waals surface area contributed by atoms with Crippen molar-refractivity contribution in [3.8, 4) is 0 Å². The van der Waals surface area contributed by atoms with Crippen LogP contribution in [0.5, 0.6) is 0 Å². The number of nitrogens with zero attached hydrogens (tertiary/aromatic N) is 8. The van der Waals surface area contributed by atoms with Gasteiger partial charge in [-0.3, -0.25) is 24.5 Å². The number of carboxylic acid groups (broad SMARTS) is 2. The molecule has 3 atom stereocenters. The molecule has 1 aromatic carbocycles. The van der Waals surface area contributed by atoms with E-state index in [4.69, 9.17) is 4.84 Å². The number of anilines is 1. The van der Waals surface area contributed by atoms with E-state index in [2.05, 4.69) is 41.0 Å². The normalized spacial score (nSPS) is 20.4. The monoisotopic (exact) mass is 786 g/mol. The first kappa shape index (κ1) is 37.9. The largest absolute Gasteiger partial charge is 0.481 e. The highest BCUT2D eigenvalue weighted by molar-refractivity contribution is 8.00. The molecule has 2 saturated heterocycles. The quantitative estimate of drug-likeness (QED) is 0.0723. The first-order valence-electron chi connectivity index (χ1n) is 14.5. The van der Waals surface area contributed by atoms with E-state index < -0.39 is 69.2 Å². The van der Waals surface area contributed by atoms with E-state index in [0.717, 1.165) is 35.3 Å². The van der Waals surface area contributed by atoms with Gasteiger partial charge in [0.05, 0.1) is 6.54 Å². The summed E-state index contributed by atoms with van der Waals surface area (Å²) in [7, 11) is 1.16. The number of tetrazole rings is 1. The number of β-lactam (4-membered cyclic amide) rings is 1. The summed E-state index contributed by atoms with van der Waals surface area (Å²) >= 11 is 2.60. The van der Waals surface area contributed by atoms with Gasteiger partial charge >= 0.3 is 24.0 Å². The molecule has 0 aliphatic carbocycles. The molecule has 0 saturated carbocycles. The molecule has 2 unspecified atom stereocenters. The molecule has 2 aliphatic heterocycles. The number of thioether (sulfide) groups is 2. The number of oxime groups is 2. The van der Waals surface area contributed by atoms with Gasteiger partial charge in [0.25, 0.3) is 5.91 Å². The smallest absolute Gasteiger partial charge is 0.471 e. The molecule has 19 nitrogen and oxygen atoms in total. The molecule has 0 radical (unpaired) electrons. The van der Waals surface area contributed by atoms with Crippen LogP contribution in [0.15, 0.2) is 51.2 Å². The number of carbonyl (C=O) groups excluding carboxylic acids is 3. The molecule has 2 aromatic heterocycles. The summed E-state index contributed by atoms with van der Waals surface area (Å²) in [5.74, 6) is -6.61. The van der Waals surface area contributed by atoms with Crippen LogP contribution < -0.4 is 10.6 Å². The lowest BCUT2D eigenvalue weighted by Crippen LogP contribution is -2.74. The predicted octanol–water partition coefficient (Wildman–Crippen LogP) is 0.902. The molecular weight excluding hydrogens is 762 g/mol. The fourth-order valence-corrected chi connectivity index (χ4v) is 8.09. The van der Waals surface area contributed by atoms with Gasteiger partial charge in [0, 0.05) is 23.4 Å². The zero-order valence-corrected chi connectivity index (χ0v) is 28.8. The van der Waals surface area contributed by atoms with Crippen molar-refractivity contribution < 1.29 is 57.0 Å². The molecule has 3 amide bonds. The first-order valence-corrected chi connectivity index (χ1v) is 17.4. The molecule has 5 rings (SSSR count). The van der Waals surface area contributed by atoms with E-state index in [1.54, 1.807) is 35.6 Å². The molecule has 4 N–H and O–H groups in total. The number of nitrogens with one attached hydrogen (secondary N) is 2. The summed E-state index contributed by atoms with van der Waals surface area (Å²) in [6.07, 6.45) is -5.19. The number of thiazole rings is 1. The predicted molar refractivity (Wildman–Crippen MR) is 175 cm³/mol. The number of carbonyl (C=O) groups is 5. The summed E-state index contributed by atoms with van der Waals surface area (Å²) in [5, 5.41) is 42.1. The number of carboxylic acids is 2. The zero-order valence-electron chi connectivity index (χ0n) is 26.3. The van der Waals surface area contributed by atoms with E-state index in [0.29, 0.717) is 16.9 Å². The number of alkyl halides is 3. The minimum Gasteiger partial charge on any atom is -0.481 e. The lowest BCUT2D eigenvalue weighted by Gasteiger charge is -2.53. The standard InChI is InChI=1S/C27H25F3N10O9S3/c1-48-35-14(21(43)44)7-40-25(34-37-38-40)52-12-26(23(46)47)10-39-19(42)17(20(39)51-11-26)32-18(41)16(36-49-8-13-5-3-2-4-6-13)15-9-50-24(31-15)33-22(45)27(28,29)30/h2-6,9,17,20H,7-8,10-12H2,1H3,(H,32,41)(H,43,44)(H,46,47)(H,31,33,45)/t17?,20-,26?/m1/s1. The van der Waals surface area contributed by atoms with Crippen LogP contribution in [0.25, 0.3) is 0 Å². The molecule has 52 heavy (non-hydrogen) atoms. The summed E-state index contributed by atoms with van der Waals surface area (Å²) in [4.78, 5) is 77.2. The lowest BCUT2D eigenvalue weighted by atomic mass is 9.89. The van der Waals surface area contributed by atoms with Crippen molar-refractivity contribution >= 4 is 81.1 Å². The van der Waals surface area contributed by atoms with E-state index in [9.17, 15) is 47.4 Å². The molecule has 4 heterocycles. The Hall–Kier alpha value is -5.30. The highest BCUT2D eigenvalue weighted by atomic mass is 32.2. The van der Waals surface area contributed by atoms with Crippen LogP contribution in [-0.4, -0.2) is 124 Å². The van der Waals surface area contributed by atoms with Gasteiger partial charge in [-0.2, -0.15) is 13.2 Å². The van der Waals surface area contributed by atoms with Crippen LogP contribution in [-0.2, 0) is 46.8 Å². The van der Waals surface area contributed by atoms with Gasteiger partial charge in [-0.15, -0.1) is 28.2 Å². The van der Waals surface area contributed by atoms with E-state index in [1.165, 1.54) is 10.3 Å². The van der Waals surface area contributed by atoms with Crippen LogP contribution in [0.4, 0.5) is 18.3 Å². The fraction of sp³-hybridized carbons (Fsp3) is 0.370. The number of hydrogen-bond acceptors (Lipinski definition) is 16. The number of hydrogen-bond donors (Lipinski definition) is 4. The number of halogens is 3. The molecule has 2 aliphatic rings. The third-order valence-electron chi connectivity index (χ3n) is 7.28. The Morgan fingerprint density at radius 2 is 1.92 bits per heavy atom. The zero-order chi connectivity index (χ0) is 37.6. The summed E-state index contributed by atoms with van der Waals surface area (Å²) in [6, 6.07) is 7.54. The lowest BCUT2D eigenvalue weighted by molar-refractivity contribution is -0.167. The number of rotatable bonds is 15. The fourth-order valence-electron chi connectivity index (χ4n) is 4.66. The van der Waals surface area contributed by atoms with Gasteiger partial charge in [-0.25, -0.2) is 14.5 Å². The van der Waals surface area contributed by atoms with Gasteiger partial charge in [0.15, 0.2) is 16.6 Å². The van der Waals surface area contributed by atoms with Crippen molar-refractivity contribution in [1.82, 2.24) is 35.4 Å². The van der Waals surface area contributed by atoms with Crippen molar-refractivity contribution in [2.45, 2.75) is 35.9 Å². The van der Waals surface area contributed by atoms with Crippen LogP contribution >= 0.6 is 34.9 Å². The number of aliphatic carboxylic acids is 2. The highest BCUT2D eigenvalue weighted by Crippen LogP contribution is 2.44. The maximum absolute atomic E-state index is 13.5. The average Bonchev–Trinajstić information content (AvgIpc) is 3.76. The number of amides is 3. The molecule has 2 fully saturated rings. The molecule has 0 spiro atoms. The maximum atomic E-state index is 13.5. The van der Waals surface area contributed by atoms with Crippen LogP contribution in [0.3, 0.4) is 0 Å². The van der Waals surface area contributed by atoms with Gasteiger partial charge in [-0.05, 0) is 16.0 Å². The van der Waals surface area contributed by atoms with Crippen LogP contribution in [0.1, 0.15) is 11.3 Å². The third kappa shape index (κ3) is 8.59. The molecular formula is C27H25F3N10O9S3. The molecule has 276 valence electrons. The molecule has 25 heteroatoms. The van der Waals surface area contributed by atoms with Crippen molar-refractivity contribution in [3.63, 3.8) is 0 Å². The van der Waals surface area contributed by atoms with E-state index in [-0.39, 0.29) is 42.1 Å². The second-order valence-corrected chi connectivity index (χ2v) is 13.7. The Labute approximate surface area is 302 Å². The topological polar surface area (TPSA) is 253 Å². The first-order chi connectivity index (χ1) is 24.7. The van der Waals surface area contributed by atoms with Crippen LogP contribution in [0.2, 0.25) is 0 Å². The third-order valence-corrected chi connectivity index (χ3v) is 10.9. The van der Waals surface area contributed by atoms with E-state index in [1.807, 2.05) is 0 Å². The van der Waals surface area contributed by atoms with Crippen molar-refractivity contribution in [3.05, 3.63) is 47.0 Å². The van der Waals surface area contributed by atoms with Crippen molar-refractivity contribution in [2.75, 3.05) is 30.5 Å². The Kier molecular flexibility index (Phi) is 11.6. The summed E-state index contributed by atoms with van der Waals surface area (Å²) < 4.78 is 39.4. The second-order valence-electron chi connectivity index (χ2n) is 10.8. The Morgan fingerprint density at radius 3 is 2.60 bits per heavy atom.